The van der Waals surface area contributed by atoms with Gasteiger partial charge < -0.3 is 10.3 Å². The average molecular weight is 340 g/mol. The minimum Gasteiger partial charge on any atom is -0.339 e. The molecule has 1 heterocycles. The lowest BCUT2D eigenvalue weighted by Gasteiger charge is -2.22. The molecule has 1 aromatic heterocycles. The van der Waals surface area contributed by atoms with Crippen LogP contribution in [0.1, 0.15) is 37.5 Å². The van der Waals surface area contributed by atoms with Crippen LogP contribution in [0.2, 0.25) is 0 Å². The molecule has 106 valence electrons. The number of hydrogen-bond acceptors (Lipinski definition) is 4. The second-order valence-electron chi connectivity index (χ2n) is 5.19. The van der Waals surface area contributed by atoms with Crippen LogP contribution >= 0.6 is 15.9 Å². The van der Waals surface area contributed by atoms with Crippen molar-refractivity contribution in [3.63, 3.8) is 0 Å². The molecule has 1 aromatic carbocycles. The van der Waals surface area contributed by atoms with E-state index in [2.05, 4.69) is 26.1 Å². The molecule has 0 unspecified atom stereocenters. The first-order chi connectivity index (χ1) is 9.63. The van der Waals surface area contributed by atoms with Crippen molar-refractivity contribution in [1.29, 1.82) is 0 Å². The van der Waals surface area contributed by atoms with Gasteiger partial charge in [0.1, 0.15) is 5.82 Å². The van der Waals surface area contributed by atoms with E-state index in [1.165, 1.54) is 12.1 Å². The highest BCUT2D eigenvalue weighted by molar-refractivity contribution is 9.10. The van der Waals surface area contributed by atoms with E-state index >= 15 is 0 Å². The Labute approximate surface area is 124 Å². The molecule has 20 heavy (non-hydrogen) atoms. The molecular weight excluding hydrogens is 325 g/mol. The van der Waals surface area contributed by atoms with Crippen LogP contribution in [0.5, 0.6) is 0 Å². The summed E-state index contributed by atoms with van der Waals surface area (Å²) < 4.78 is 19.1. The zero-order chi connectivity index (χ0) is 14.1. The van der Waals surface area contributed by atoms with Gasteiger partial charge in [0.05, 0.1) is 0 Å². The van der Waals surface area contributed by atoms with Crippen molar-refractivity contribution < 1.29 is 8.91 Å². The molecule has 4 nitrogen and oxygen atoms in total. The van der Waals surface area contributed by atoms with E-state index < -0.39 is 0 Å². The molecule has 0 radical (unpaired) electrons. The maximum Gasteiger partial charge on any atom is 0.230 e. The topological polar surface area (TPSA) is 64.9 Å². The highest BCUT2D eigenvalue weighted by Crippen LogP contribution is 2.33. The summed E-state index contributed by atoms with van der Waals surface area (Å²) in [5, 5.41) is 4.00. The van der Waals surface area contributed by atoms with Crippen LogP contribution in [0, 0.1) is 5.82 Å². The second kappa shape index (κ2) is 5.61. The maximum atomic E-state index is 13.1. The lowest BCUT2D eigenvalue weighted by atomic mass is 9.86. The zero-order valence-electron chi connectivity index (χ0n) is 10.9. The van der Waals surface area contributed by atoms with E-state index in [-0.39, 0.29) is 11.7 Å². The smallest absolute Gasteiger partial charge is 0.230 e. The van der Waals surface area contributed by atoms with Crippen molar-refractivity contribution >= 4 is 15.9 Å². The summed E-state index contributed by atoms with van der Waals surface area (Å²) in [6.45, 7) is 0. The molecule has 1 aliphatic rings. The summed E-state index contributed by atoms with van der Waals surface area (Å²) in [7, 11) is 0. The Hall–Kier alpha value is -1.27. The molecule has 0 atom stereocenters. The fraction of sp³-hybridized carbons (Fsp3) is 0.429. The minimum absolute atomic E-state index is 0.287. The van der Waals surface area contributed by atoms with Crippen molar-refractivity contribution in [3.05, 3.63) is 34.4 Å². The quantitative estimate of drug-likeness (QED) is 0.907. The lowest BCUT2D eigenvalue weighted by molar-refractivity contribution is 0.301. The number of aromatic nitrogens is 2. The molecule has 0 aliphatic heterocycles. The van der Waals surface area contributed by atoms with E-state index in [9.17, 15) is 4.39 Å². The number of nitrogens with two attached hydrogens (primary N) is 1. The number of hydrogen-bond donors (Lipinski definition) is 1. The first-order valence-corrected chi connectivity index (χ1v) is 7.47. The van der Waals surface area contributed by atoms with Crippen LogP contribution in [0.25, 0.3) is 11.4 Å². The van der Waals surface area contributed by atoms with Gasteiger partial charge in [-0.2, -0.15) is 4.98 Å². The SMILES string of the molecule is NC1CCC(c2nc(-c3ccc(F)cc3Br)no2)CC1. The number of benzene rings is 1. The molecule has 2 aromatic rings. The van der Waals surface area contributed by atoms with Crippen molar-refractivity contribution in [1.82, 2.24) is 10.1 Å². The molecule has 0 amide bonds. The van der Waals surface area contributed by atoms with Crippen molar-refractivity contribution in [2.24, 2.45) is 5.73 Å². The summed E-state index contributed by atoms with van der Waals surface area (Å²) in [6, 6.07) is 4.71. The summed E-state index contributed by atoms with van der Waals surface area (Å²) in [6.07, 6.45) is 3.94. The number of nitrogens with zero attached hydrogens (tertiary/aromatic N) is 2. The van der Waals surface area contributed by atoms with E-state index in [0.29, 0.717) is 22.2 Å². The third kappa shape index (κ3) is 2.76. The van der Waals surface area contributed by atoms with Gasteiger partial charge in [0.25, 0.3) is 0 Å². The molecular formula is C14H15BrFN3O. The highest BCUT2D eigenvalue weighted by atomic mass is 79.9. The van der Waals surface area contributed by atoms with Gasteiger partial charge in [0, 0.05) is 22.0 Å². The van der Waals surface area contributed by atoms with Crippen molar-refractivity contribution in [2.75, 3.05) is 0 Å². The van der Waals surface area contributed by atoms with Crippen LogP contribution < -0.4 is 5.73 Å². The van der Waals surface area contributed by atoms with Gasteiger partial charge in [-0.3, -0.25) is 0 Å². The van der Waals surface area contributed by atoms with Crippen LogP contribution in [0.15, 0.2) is 27.2 Å². The number of halogens is 2. The number of rotatable bonds is 2. The van der Waals surface area contributed by atoms with Crippen LogP contribution in [-0.4, -0.2) is 16.2 Å². The third-order valence-corrected chi connectivity index (χ3v) is 4.39. The summed E-state index contributed by atoms with van der Waals surface area (Å²) >= 11 is 3.32. The van der Waals surface area contributed by atoms with Gasteiger partial charge >= 0.3 is 0 Å². The van der Waals surface area contributed by atoms with Crippen molar-refractivity contribution in [3.8, 4) is 11.4 Å². The van der Waals surface area contributed by atoms with E-state index in [4.69, 9.17) is 10.3 Å². The molecule has 1 fully saturated rings. The molecule has 1 saturated carbocycles. The van der Waals surface area contributed by atoms with Crippen LogP contribution in [0.4, 0.5) is 4.39 Å². The van der Waals surface area contributed by atoms with Gasteiger partial charge in [0.2, 0.25) is 11.7 Å². The monoisotopic (exact) mass is 339 g/mol. The molecule has 2 N–H and O–H groups in total. The molecule has 6 heteroatoms. The second-order valence-corrected chi connectivity index (χ2v) is 6.05. The van der Waals surface area contributed by atoms with E-state index in [1.54, 1.807) is 6.07 Å². The Morgan fingerprint density at radius 3 is 2.70 bits per heavy atom. The van der Waals surface area contributed by atoms with Gasteiger partial charge in [-0.15, -0.1) is 0 Å². The molecule has 0 spiro atoms. The molecule has 1 aliphatic carbocycles. The van der Waals surface area contributed by atoms with Gasteiger partial charge in [-0.25, -0.2) is 4.39 Å². The molecule has 3 rings (SSSR count). The predicted octanol–water partition coefficient (Wildman–Crippen LogP) is 3.62. The van der Waals surface area contributed by atoms with Crippen LogP contribution in [-0.2, 0) is 0 Å². The summed E-state index contributed by atoms with van der Waals surface area (Å²) in [4.78, 5) is 4.45. The molecule has 0 bridgehead atoms. The Kier molecular flexibility index (Phi) is 3.85. The van der Waals surface area contributed by atoms with E-state index in [1.807, 2.05) is 0 Å². The normalized spacial score (nSPS) is 22.9. The Bertz CT molecular complexity index is 608. The van der Waals surface area contributed by atoms with Crippen molar-refractivity contribution in [2.45, 2.75) is 37.6 Å². The Morgan fingerprint density at radius 2 is 2.00 bits per heavy atom. The maximum absolute atomic E-state index is 13.1. The fourth-order valence-corrected chi connectivity index (χ4v) is 3.08. The van der Waals surface area contributed by atoms with Crippen LogP contribution in [0.3, 0.4) is 0 Å². The average Bonchev–Trinajstić information content (AvgIpc) is 2.89. The molecule has 0 saturated heterocycles. The third-order valence-electron chi connectivity index (χ3n) is 3.73. The lowest BCUT2D eigenvalue weighted by Crippen LogP contribution is -2.25. The first-order valence-electron chi connectivity index (χ1n) is 6.68. The first kappa shape index (κ1) is 13.7. The predicted molar refractivity (Wildman–Crippen MR) is 76.6 cm³/mol. The summed E-state index contributed by atoms with van der Waals surface area (Å²) in [5.41, 5.74) is 6.63. The van der Waals surface area contributed by atoms with Gasteiger partial charge in [0.15, 0.2) is 0 Å². The van der Waals surface area contributed by atoms with Gasteiger partial charge in [-0.1, -0.05) is 5.16 Å². The fourth-order valence-electron chi connectivity index (χ4n) is 2.55. The highest BCUT2D eigenvalue weighted by Gasteiger charge is 2.25. The zero-order valence-corrected chi connectivity index (χ0v) is 12.4. The largest absolute Gasteiger partial charge is 0.339 e. The summed E-state index contributed by atoms with van der Waals surface area (Å²) in [5.74, 6) is 1.13. The Balaban J connectivity index is 1.83. The Morgan fingerprint density at radius 1 is 1.25 bits per heavy atom. The minimum atomic E-state index is -0.300. The van der Waals surface area contributed by atoms with E-state index in [0.717, 1.165) is 31.2 Å². The standard InChI is InChI=1S/C14H15BrFN3O/c15-12-7-9(16)3-6-11(12)13-18-14(20-19-13)8-1-4-10(17)5-2-8/h3,6-8,10H,1-2,4-5,17H2. The van der Waals surface area contributed by atoms with Gasteiger partial charge in [-0.05, 0) is 59.8 Å².